The van der Waals surface area contributed by atoms with Crippen molar-refractivity contribution >= 4 is 23.2 Å². The van der Waals surface area contributed by atoms with E-state index < -0.39 is 5.91 Å². The Morgan fingerprint density at radius 2 is 2.00 bits per heavy atom. The van der Waals surface area contributed by atoms with Gasteiger partial charge in [-0.1, -0.05) is 6.07 Å². The van der Waals surface area contributed by atoms with Gasteiger partial charge < -0.3 is 21.7 Å². The van der Waals surface area contributed by atoms with Crippen LogP contribution in [-0.4, -0.2) is 31.4 Å². The second-order valence-corrected chi connectivity index (χ2v) is 4.68. The van der Waals surface area contributed by atoms with Crippen molar-refractivity contribution < 1.29 is 9.59 Å². The van der Waals surface area contributed by atoms with Gasteiger partial charge in [0.15, 0.2) is 0 Å². The Morgan fingerprint density at radius 3 is 2.53 bits per heavy atom. The number of amides is 2. The van der Waals surface area contributed by atoms with Gasteiger partial charge in [-0.25, -0.2) is 0 Å². The molecule has 0 saturated heterocycles. The average Bonchev–Trinajstić information content (AvgIpc) is 2.27. The third-order valence-corrected chi connectivity index (χ3v) is 2.59. The second kappa shape index (κ2) is 6.08. The predicted octanol–water partition coefficient (Wildman–Crippen LogP) is 0.329. The van der Waals surface area contributed by atoms with Gasteiger partial charge in [-0.2, -0.15) is 0 Å². The van der Waals surface area contributed by atoms with Crippen LogP contribution in [0.4, 0.5) is 11.4 Å². The van der Waals surface area contributed by atoms with Crippen molar-refractivity contribution in [2.75, 3.05) is 24.2 Å². The van der Waals surface area contributed by atoms with Gasteiger partial charge in [-0.3, -0.25) is 9.59 Å². The molecule has 1 aromatic carbocycles. The van der Waals surface area contributed by atoms with Gasteiger partial charge in [0.05, 0.1) is 23.5 Å². The van der Waals surface area contributed by atoms with Gasteiger partial charge in [-0.05, 0) is 26.0 Å². The van der Waals surface area contributed by atoms with Crippen LogP contribution in [0.15, 0.2) is 18.2 Å². The largest absolute Gasteiger partial charge is 0.396 e. The Labute approximate surface area is 112 Å². The van der Waals surface area contributed by atoms with E-state index >= 15 is 0 Å². The van der Waals surface area contributed by atoms with Gasteiger partial charge in [0, 0.05) is 13.1 Å². The topological polar surface area (TPSA) is 101 Å². The monoisotopic (exact) mass is 264 g/mol. The van der Waals surface area contributed by atoms with Crippen molar-refractivity contribution in [3.05, 3.63) is 23.8 Å². The number of anilines is 2. The number of carbonyl (C=O) groups excluding carboxylic acids is 2. The van der Waals surface area contributed by atoms with Crippen molar-refractivity contribution in [2.24, 2.45) is 5.73 Å². The van der Waals surface area contributed by atoms with Crippen LogP contribution in [0.2, 0.25) is 0 Å². The maximum atomic E-state index is 11.7. The summed E-state index contributed by atoms with van der Waals surface area (Å²) in [5.41, 5.74) is 12.3. The quantitative estimate of drug-likeness (QED) is 0.667. The summed E-state index contributed by atoms with van der Waals surface area (Å²) in [6.07, 6.45) is 0. The highest BCUT2D eigenvalue weighted by molar-refractivity contribution is 6.01. The smallest absolute Gasteiger partial charge is 0.250 e. The molecule has 1 aromatic rings. The van der Waals surface area contributed by atoms with E-state index in [0.717, 1.165) is 0 Å². The number of benzene rings is 1. The minimum Gasteiger partial charge on any atom is -0.396 e. The number of hydrogen-bond acceptors (Lipinski definition) is 4. The van der Waals surface area contributed by atoms with Crippen LogP contribution in [-0.2, 0) is 4.79 Å². The highest BCUT2D eigenvalue weighted by Crippen LogP contribution is 2.25. The number of hydrogen-bond donors (Lipinski definition) is 3. The van der Waals surface area contributed by atoms with Gasteiger partial charge in [0.2, 0.25) is 5.91 Å². The standard InChI is InChI=1S/C13H20N4O2/c1-8(2)16-11(18)7-17(3)10-6-4-5-9(12(10)14)13(15)19/h4-6,8H,7,14H2,1-3H3,(H2,15,19)(H,16,18). The molecule has 0 unspecified atom stereocenters. The average molecular weight is 264 g/mol. The first-order valence-electron chi connectivity index (χ1n) is 6.01. The Hall–Kier alpha value is -2.24. The van der Waals surface area contributed by atoms with E-state index in [1.807, 2.05) is 13.8 Å². The molecule has 0 heterocycles. The fourth-order valence-electron chi connectivity index (χ4n) is 1.77. The fraction of sp³-hybridized carbons (Fsp3) is 0.385. The molecule has 2 amide bonds. The minimum atomic E-state index is -0.584. The Morgan fingerprint density at radius 1 is 1.37 bits per heavy atom. The summed E-state index contributed by atoms with van der Waals surface area (Å²) in [5.74, 6) is -0.694. The summed E-state index contributed by atoms with van der Waals surface area (Å²) < 4.78 is 0. The van der Waals surface area contributed by atoms with Gasteiger partial charge in [0.1, 0.15) is 0 Å². The lowest BCUT2D eigenvalue weighted by molar-refractivity contribution is -0.120. The number of para-hydroxylation sites is 1. The molecule has 0 aromatic heterocycles. The molecule has 19 heavy (non-hydrogen) atoms. The Bertz CT molecular complexity index is 486. The molecule has 0 atom stereocenters. The lowest BCUT2D eigenvalue weighted by Crippen LogP contribution is -2.38. The molecule has 0 fully saturated rings. The van der Waals surface area contributed by atoms with Crippen molar-refractivity contribution in [3.8, 4) is 0 Å². The minimum absolute atomic E-state index is 0.0789. The first-order chi connectivity index (χ1) is 8.82. The van der Waals surface area contributed by atoms with E-state index in [0.29, 0.717) is 5.69 Å². The van der Waals surface area contributed by atoms with Gasteiger partial charge >= 0.3 is 0 Å². The first-order valence-corrected chi connectivity index (χ1v) is 6.01. The molecule has 0 bridgehead atoms. The summed E-state index contributed by atoms with van der Waals surface area (Å²) in [5, 5.41) is 2.79. The predicted molar refractivity (Wildman–Crippen MR) is 75.9 cm³/mol. The van der Waals surface area contributed by atoms with E-state index in [4.69, 9.17) is 11.5 Å². The molecular weight excluding hydrogens is 244 g/mol. The Balaban J connectivity index is 2.88. The SMILES string of the molecule is CC(C)NC(=O)CN(C)c1cccc(C(N)=O)c1N. The number of likely N-dealkylation sites (N-methyl/N-ethyl adjacent to an activating group) is 1. The van der Waals surface area contributed by atoms with Crippen LogP contribution in [0.25, 0.3) is 0 Å². The van der Waals surface area contributed by atoms with Crippen LogP contribution >= 0.6 is 0 Å². The third kappa shape index (κ3) is 3.87. The molecule has 0 aliphatic carbocycles. The number of nitrogens with one attached hydrogen (secondary N) is 1. The molecule has 104 valence electrons. The molecular formula is C13H20N4O2. The first kappa shape index (κ1) is 14.8. The van der Waals surface area contributed by atoms with Crippen molar-refractivity contribution in [1.82, 2.24) is 5.32 Å². The van der Waals surface area contributed by atoms with Crippen molar-refractivity contribution in [1.29, 1.82) is 0 Å². The molecule has 0 saturated carbocycles. The number of nitrogens with two attached hydrogens (primary N) is 2. The molecule has 0 radical (unpaired) electrons. The van der Waals surface area contributed by atoms with E-state index in [2.05, 4.69) is 5.32 Å². The lowest BCUT2D eigenvalue weighted by Gasteiger charge is -2.22. The number of nitrogen functional groups attached to an aromatic ring is 1. The molecule has 6 heteroatoms. The van der Waals surface area contributed by atoms with Crippen LogP contribution in [0, 0.1) is 0 Å². The molecule has 6 nitrogen and oxygen atoms in total. The van der Waals surface area contributed by atoms with Crippen molar-refractivity contribution in [2.45, 2.75) is 19.9 Å². The summed E-state index contributed by atoms with van der Waals surface area (Å²) in [6, 6.07) is 5.06. The maximum absolute atomic E-state index is 11.7. The lowest BCUT2D eigenvalue weighted by atomic mass is 10.1. The van der Waals surface area contributed by atoms with Crippen LogP contribution in [0.3, 0.4) is 0 Å². The highest BCUT2D eigenvalue weighted by atomic mass is 16.2. The zero-order chi connectivity index (χ0) is 14.6. The van der Waals surface area contributed by atoms with E-state index in [-0.39, 0.29) is 29.7 Å². The zero-order valence-electron chi connectivity index (χ0n) is 11.4. The molecule has 0 aliphatic rings. The van der Waals surface area contributed by atoms with Gasteiger partial charge in [0.25, 0.3) is 5.91 Å². The molecule has 0 spiro atoms. The van der Waals surface area contributed by atoms with Crippen LogP contribution in [0.1, 0.15) is 24.2 Å². The zero-order valence-corrected chi connectivity index (χ0v) is 11.4. The highest BCUT2D eigenvalue weighted by Gasteiger charge is 2.14. The maximum Gasteiger partial charge on any atom is 0.250 e. The van der Waals surface area contributed by atoms with E-state index in [1.165, 1.54) is 0 Å². The number of carbonyl (C=O) groups is 2. The Kier molecular flexibility index (Phi) is 4.74. The normalized spacial score (nSPS) is 10.3. The second-order valence-electron chi connectivity index (χ2n) is 4.68. The molecule has 0 aliphatic heterocycles. The van der Waals surface area contributed by atoms with E-state index in [1.54, 1.807) is 30.1 Å². The summed E-state index contributed by atoms with van der Waals surface area (Å²) >= 11 is 0. The third-order valence-electron chi connectivity index (χ3n) is 2.59. The molecule has 1 rings (SSSR count). The summed E-state index contributed by atoms with van der Waals surface area (Å²) in [6.45, 7) is 3.94. The number of primary amides is 1. The van der Waals surface area contributed by atoms with E-state index in [9.17, 15) is 9.59 Å². The summed E-state index contributed by atoms with van der Waals surface area (Å²) in [4.78, 5) is 24.6. The van der Waals surface area contributed by atoms with Crippen LogP contribution < -0.4 is 21.7 Å². The van der Waals surface area contributed by atoms with Gasteiger partial charge in [-0.15, -0.1) is 0 Å². The van der Waals surface area contributed by atoms with Crippen molar-refractivity contribution in [3.63, 3.8) is 0 Å². The van der Waals surface area contributed by atoms with Crippen LogP contribution in [0.5, 0.6) is 0 Å². The fourth-order valence-corrected chi connectivity index (χ4v) is 1.77. The number of rotatable bonds is 5. The summed E-state index contributed by atoms with van der Waals surface area (Å²) in [7, 11) is 1.73. The number of nitrogens with zero attached hydrogens (tertiary/aromatic N) is 1. The molecule has 5 N–H and O–H groups in total.